The molecule has 1 aliphatic rings. The molecule has 0 spiro atoms. The molecule has 7 nitrogen and oxygen atoms in total. The average molecular weight is 410 g/mol. The van der Waals surface area contributed by atoms with Crippen molar-refractivity contribution in [3.05, 3.63) is 53.2 Å². The summed E-state index contributed by atoms with van der Waals surface area (Å²) in [4.78, 5) is 38.7. The number of nitrogens with one attached hydrogen (secondary N) is 1. The summed E-state index contributed by atoms with van der Waals surface area (Å²) in [5.74, 6) is -0.283. The quantitative estimate of drug-likeness (QED) is 0.716. The lowest BCUT2D eigenvalue weighted by molar-refractivity contribution is -0.130. The van der Waals surface area contributed by atoms with Crippen molar-refractivity contribution in [1.82, 2.24) is 20.2 Å². The van der Waals surface area contributed by atoms with Crippen molar-refractivity contribution in [2.75, 3.05) is 37.6 Å². The number of anilines is 1. The van der Waals surface area contributed by atoms with Gasteiger partial charge in [-0.3, -0.25) is 9.59 Å². The van der Waals surface area contributed by atoms with Gasteiger partial charge in [-0.05, 0) is 49.2 Å². The molecule has 1 aliphatic heterocycles. The van der Waals surface area contributed by atoms with Crippen molar-refractivity contribution < 1.29 is 9.59 Å². The molecule has 4 rings (SSSR count). The van der Waals surface area contributed by atoms with Crippen LogP contribution >= 0.6 is 11.3 Å². The van der Waals surface area contributed by atoms with E-state index < -0.39 is 0 Å². The topological polar surface area (TPSA) is 78.4 Å². The van der Waals surface area contributed by atoms with Crippen molar-refractivity contribution in [3.8, 4) is 0 Å². The van der Waals surface area contributed by atoms with Gasteiger partial charge in [0.25, 0.3) is 5.91 Å². The van der Waals surface area contributed by atoms with Crippen LogP contribution in [-0.2, 0) is 4.79 Å². The molecule has 2 amide bonds. The molecule has 1 fully saturated rings. The maximum Gasteiger partial charge on any atom is 0.251 e. The molecule has 0 radical (unpaired) electrons. The molecular weight excluding hydrogens is 386 g/mol. The molecule has 0 atom stereocenters. The normalized spacial score (nSPS) is 14.3. The van der Waals surface area contributed by atoms with Gasteiger partial charge in [0.05, 0.1) is 6.54 Å². The largest absolute Gasteiger partial charge is 0.344 e. The van der Waals surface area contributed by atoms with Crippen LogP contribution in [0, 0.1) is 13.8 Å². The van der Waals surface area contributed by atoms with Gasteiger partial charge in [0.2, 0.25) is 5.91 Å². The second-order valence-corrected chi connectivity index (χ2v) is 8.13. The van der Waals surface area contributed by atoms with E-state index in [0.29, 0.717) is 18.7 Å². The van der Waals surface area contributed by atoms with E-state index >= 15 is 0 Å². The van der Waals surface area contributed by atoms with Crippen LogP contribution in [0.15, 0.2) is 36.5 Å². The summed E-state index contributed by atoms with van der Waals surface area (Å²) >= 11 is 1.57. The number of rotatable bonds is 4. The fraction of sp³-hybridized carbons (Fsp3) is 0.333. The highest BCUT2D eigenvalue weighted by atomic mass is 32.1. The van der Waals surface area contributed by atoms with Gasteiger partial charge < -0.3 is 15.1 Å². The third-order valence-corrected chi connectivity index (χ3v) is 6.27. The summed E-state index contributed by atoms with van der Waals surface area (Å²) in [5, 5.41) is 3.68. The Hall–Kier alpha value is -3.00. The lowest BCUT2D eigenvalue weighted by Crippen LogP contribution is -2.51. The number of nitrogens with zero attached hydrogens (tertiary/aromatic N) is 4. The van der Waals surface area contributed by atoms with Gasteiger partial charge in [-0.2, -0.15) is 0 Å². The van der Waals surface area contributed by atoms with Gasteiger partial charge in [-0.15, -0.1) is 0 Å². The number of hydrogen-bond acceptors (Lipinski definition) is 6. The highest BCUT2D eigenvalue weighted by Crippen LogP contribution is 2.27. The first-order valence-electron chi connectivity index (χ1n) is 9.61. The molecule has 1 N–H and O–H groups in total. The molecule has 1 aromatic carbocycles. The molecule has 8 heteroatoms. The van der Waals surface area contributed by atoms with Crippen LogP contribution in [0.2, 0.25) is 0 Å². The first-order valence-corrected chi connectivity index (χ1v) is 10.4. The fourth-order valence-corrected chi connectivity index (χ4v) is 4.25. The lowest BCUT2D eigenvalue weighted by Gasteiger charge is -2.34. The number of aromatic nitrogens is 2. The van der Waals surface area contributed by atoms with Gasteiger partial charge in [-0.25, -0.2) is 9.97 Å². The smallest absolute Gasteiger partial charge is 0.251 e. The third-order valence-electron chi connectivity index (χ3n) is 5.23. The number of aryl methyl sites for hydroxylation is 2. The number of benzene rings is 1. The van der Waals surface area contributed by atoms with Crippen LogP contribution in [0.25, 0.3) is 10.3 Å². The predicted molar refractivity (Wildman–Crippen MR) is 114 cm³/mol. The molecule has 3 aromatic rings. The highest BCUT2D eigenvalue weighted by molar-refractivity contribution is 7.21. The summed E-state index contributed by atoms with van der Waals surface area (Å²) in [7, 11) is 0. The first-order chi connectivity index (χ1) is 14.0. The van der Waals surface area contributed by atoms with Crippen LogP contribution in [0.1, 0.15) is 21.5 Å². The van der Waals surface area contributed by atoms with E-state index in [2.05, 4.69) is 20.2 Å². The first kappa shape index (κ1) is 19.3. The van der Waals surface area contributed by atoms with E-state index in [1.54, 1.807) is 28.5 Å². The second kappa shape index (κ2) is 8.16. The Balaban J connectivity index is 1.29. The van der Waals surface area contributed by atoms with Gasteiger partial charge in [0.15, 0.2) is 5.13 Å². The third kappa shape index (κ3) is 4.22. The summed E-state index contributed by atoms with van der Waals surface area (Å²) < 4.78 is 0. The van der Waals surface area contributed by atoms with E-state index in [4.69, 9.17) is 0 Å². The minimum absolute atomic E-state index is 0.0107. The summed E-state index contributed by atoms with van der Waals surface area (Å²) in [6, 6.07) is 9.40. The number of carbonyl (C=O) groups excluding carboxylic acids is 2. The van der Waals surface area contributed by atoms with E-state index in [-0.39, 0.29) is 18.4 Å². The molecule has 2 aromatic heterocycles. The Morgan fingerprint density at radius 3 is 2.62 bits per heavy atom. The van der Waals surface area contributed by atoms with Gasteiger partial charge in [0.1, 0.15) is 10.3 Å². The Kier molecular flexibility index (Phi) is 5.44. The zero-order valence-electron chi connectivity index (χ0n) is 16.5. The monoisotopic (exact) mass is 409 g/mol. The van der Waals surface area contributed by atoms with Crippen molar-refractivity contribution in [2.24, 2.45) is 0 Å². The van der Waals surface area contributed by atoms with E-state index in [1.165, 1.54) is 0 Å². The Morgan fingerprint density at radius 1 is 1.10 bits per heavy atom. The SMILES string of the molecule is Cc1ccc(C(=O)NCC(=O)N2CCN(c3nc4cccnc4s3)CC2)cc1C. The van der Waals surface area contributed by atoms with E-state index in [1.807, 2.05) is 38.1 Å². The number of piperazine rings is 1. The fourth-order valence-electron chi connectivity index (χ4n) is 3.29. The van der Waals surface area contributed by atoms with Crippen LogP contribution in [0.4, 0.5) is 5.13 Å². The van der Waals surface area contributed by atoms with Crippen molar-refractivity contribution in [1.29, 1.82) is 0 Å². The minimum Gasteiger partial charge on any atom is -0.344 e. The molecule has 0 unspecified atom stereocenters. The van der Waals surface area contributed by atoms with Gasteiger partial charge >= 0.3 is 0 Å². The number of thiazole rings is 1. The molecule has 0 saturated carbocycles. The molecular formula is C21H23N5O2S. The molecule has 0 aliphatic carbocycles. The summed E-state index contributed by atoms with van der Waals surface area (Å²) in [5.41, 5.74) is 3.68. The highest BCUT2D eigenvalue weighted by Gasteiger charge is 2.23. The van der Waals surface area contributed by atoms with E-state index in [0.717, 1.165) is 39.7 Å². The minimum atomic E-state index is -0.220. The number of pyridine rings is 1. The number of fused-ring (bicyclic) bond motifs is 1. The van der Waals surface area contributed by atoms with Crippen molar-refractivity contribution >= 4 is 38.6 Å². The maximum atomic E-state index is 12.5. The molecule has 3 heterocycles. The zero-order chi connectivity index (χ0) is 20.4. The zero-order valence-corrected chi connectivity index (χ0v) is 17.3. The van der Waals surface area contributed by atoms with E-state index in [9.17, 15) is 9.59 Å². The summed E-state index contributed by atoms with van der Waals surface area (Å²) in [6.07, 6.45) is 1.77. The van der Waals surface area contributed by atoms with Crippen LogP contribution < -0.4 is 10.2 Å². The number of hydrogen-bond donors (Lipinski definition) is 1. The average Bonchev–Trinajstić information content (AvgIpc) is 3.18. The number of carbonyl (C=O) groups is 2. The standard InChI is InChI=1S/C21H23N5O2S/c1-14-5-6-16(12-15(14)2)19(28)23-13-18(27)25-8-10-26(11-9-25)21-24-17-4-3-7-22-20(17)29-21/h3-7,12H,8-11,13H2,1-2H3,(H,23,28). The van der Waals surface area contributed by atoms with Gasteiger partial charge in [0, 0.05) is 37.9 Å². The maximum absolute atomic E-state index is 12.5. The molecule has 1 saturated heterocycles. The predicted octanol–water partition coefficient (Wildman–Crippen LogP) is 2.39. The Labute approximate surface area is 173 Å². The Morgan fingerprint density at radius 2 is 1.90 bits per heavy atom. The van der Waals surface area contributed by atoms with Crippen LogP contribution in [-0.4, -0.2) is 59.4 Å². The van der Waals surface area contributed by atoms with Crippen molar-refractivity contribution in [3.63, 3.8) is 0 Å². The number of amides is 2. The van der Waals surface area contributed by atoms with Crippen molar-refractivity contribution in [2.45, 2.75) is 13.8 Å². The lowest BCUT2D eigenvalue weighted by atomic mass is 10.1. The van der Waals surface area contributed by atoms with Crippen LogP contribution in [0.5, 0.6) is 0 Å². The molecule has 29 heavy (non-hydrogen) atoms. The second-order valence-electron chi connectivity index (χ2n) is 7.17. The Bertz CT molecular complexity index is 1020. The summed E-state index contributed by atoms with van der Waals surface area (Å²) in [6.45, 7) is 6.65. The molecule has 0 bridgehead atoms. The molecule has 150 valence electrons. The van der Waals surface area contributed by atoms with Crippen LogP contribution in [0.3, 0.4) is 0 Å². The van der Waals surface area contributed by atoms with Gasteiger partial charge in [-0.1, -0.05) is 17.4 Å².